The summed E-state index contributed by atoms with van der Waals surface area (Å²) in [5.74, 6) is -1.38. The van der Waals surface area contributed by atoms with E-state index in [2.05, 4.69) is 5.32 Å². The summed E-state index contributed by atoms with van der Waals surface area (Å²) < 4.78 is 27.0. The first-order valence-corrected chi connectivity index (χ1v) is 8.54. The van der Waals surface area contributed by atoms with E-state index in [0.29, 0.717) is 5.56 Å². The zero-order chi connectivity index (χ0) is 18.7. The van der Waals surface area contributed by atoms with Crippen molar-refractivity contribution in [3.8, 4) is 0 Å². The molecule has 26 heavy (non-hydrogen) atoms. The number of carbonyl (C=O) groups excluding carboxylic acids is 1. The van der Waals surface area contributed by atoms with E-state index in [1.165, 1.54) is 12.1 Å². The molecule has 0 aromatic heterocycles. The third-order valence-corrected chi connectivity index (χ3v) is 4.49. The molecule has 0 unspecified atom stereocenters. The number of benzene rings is 3. The van der Waals surface area contributed by atoms with E-state index in [1.54, 1.807) is 19.2 Å². The molecule has 0 aliphatic heterocycles. The summed E-state index contributed by atoms with van der Waals surface area (Å²) in [6.07, 6.45) is 0. The molecule has 0 radical (unpaired) electrons. The van der Waals surface area contributed by atoms with E-state index in [9.17, 15) is 13.6 Å². The van der Waals surface area contributed by atoms with Crippen LogP contribution in [0, 0.1) is 11.6 Å². The number of nitrogens with one attached hydrogen (secondary N) is 1. The average Bonchev–Trinajstić information content (AvgIpc) is 2.61. The molecule has 0 saturated heterocycles. The first kappa shape index (κ1) is 18.0. The SMILES string of the molecule is C[C@@H]([NH2+][C@H](C)c1ccc(F)cc1F)C(=O)Nc1cccc2ccccc12. The first-order chi connectivity index (χ1) is 12.5. The normalized spacial score (nSPS) is 13.4. The fourth-order valence-corrected chi connectivity index (χ4v) is 3.08. The smallest absolute Gasteiger partial charge is 0.282 e. The number of anilines is 1. The summed E-state index contributed by atoms with van der Waals surface area (Å²) in [4.78, 5) is 12.6. The Kier molecular flexibility index (Phi) is 5.28. The van der Waals surface area contributed by atoms with E-state index in [1.807, 2.05) is 42.5 Å². The predicted molar refractivity (Wildman–Crippen MR) is 98.7 cm³/mol. The van der Waals surface area contributed by atoms with E-state index in [-0.39, 0.29) is 11.9 Å². The molecule has 0 aliphatic carbocycles. The lowest BCUT2D eigenvalue weighted by Gasteiger charge is -2.18. The molecule has 134 valence electrons. The molecule has 0 spiro atoms. The van der Waals surface area contributed by atoms with Gasteiger partial charge in [0.05, 0.1) is 0 Å². The summed E-state index contributed by atoms with van der Waals surface area (Å²) >= 11 is 0. The molecule has 5 heteroatoms. The summed E-state index contributed by atoms with van der Waals surface area (Å²) in [7, 11) is 0. The van der Waals surface area contributed by atoms with Crippen molar-refractivity contribution < 1.29 is 18.9 Å². The van der Waals surface area contributed by atoms with Crippen molar-refractivity contribution in [1.29, 1.82) is 0 Å². The van der Waals surface area contributed by atoms with Gasteiger partial charge in [-0.1, -0.05) is 36.4 Å². The molecule has 0 bridgehead atoms. The lowest BCUT2D eigenvalue weighted by Crippen LogP contribution is -2.91. The number of carbonyl (C=O) groups is 1. The zero-order valence-corrected chi connectivity index (χ0v) is 14.7. The molecule has 3 rings (SSSR count). The molecular weight excluding hydrogens is 334 g/mol. The van der Waals surface area contributed by atoms with Crippen molar-refractivity contribution in [2.75, 3.05) is 5.32 Å². The van der Waals surface area contributed by atoms with E-state index >= 15 is 0 Å². The average molecular weight is 355 g/mol. The molecule has 3 nitrogen and oxygen atoms in total. The number of fused-ring (bicyclic) bond motifs is 1. The van der Waals surface area contributed by atoms with Crippen LogP contribution in [0.5, 0.6) is 0 Å². The number of hydrogen-bond acceptors (Lipinski definition) is 1. The van der Waals surface area contributed by atoms with Gasteiger partial charge < -0.3 is 10.6 Å². The van der Waals surface area contributed by atoms with Crippen LogP contribution >= 0.6 is 0 Å². The van der Waals surface area contributed by atoms with Crippen LogP contribution in [0.3, 0.4) is 0 Å². The van der Waals surface area contributed by atoms with E-state index in [4.69, 9.17) is 0 Å². The van der Waals surface area contributed by atoms with Gasteiger partial charge in [-0.3, -0.25) is 4.79 Å². The quantitative estimate of drug-likeness (QED) is 0.719. The van der Waals surface area contributed by atoms with Crippen molar-refractivity contribution in [1.82, 2.24) is 0 Å². The highest BCUT2D eigenvalue weighted by molar-refractivity contribution is 6.03. The number of amides is 1. The van der Waals surface area contributed by atoms with Crippen molar-refractivity contribution >= 4 is 22.4 Å². The number of halogens is 2. The molecule has 1 amide bonds. The fourth-order valence-electron chi connectivity index (χ4n) is 3.08. The van der Waals surface area contributed by atoms with Crippen LogP contribution in [-0.2, 0) is 4.79 Å². The van der Waals surface area contributed by atoms with Crippen LogP contribution in [0.1, 0.15) is 25.5 Å². The maximum atomic E-state index is 13.9. The van der Waals surface area contributed by atoms with Gasteiger partial charge in [-0.15, -0.1) is 0 Å². The van der Waals surface area contributed by atoms with Gasteiger partial charge in [-0.2, -0.15) is 0 Å². The highest BCUT2D eigenvalue weighted by atomic mass is 19.1. The second-order valence-corrected chi connectivity index (χ2v) is 6.45. The van der Waals surface area contributed by atoms with Crippen LogP contribution < -0.4 is 10.6 Å². The topological polar surface area (TPSA) is 45.7 Å². The number of nitrogens with two attached hydrogens (primary N) is 1. The highest BCUT2D eigenvalue weighted by Gasteiger charge is 2.22. The van der Waals surface area contributed by atoms with E-state index in [0.717, 1.165) is 22.5 Å². The standard InChI is InChI=1S/C21H20F2N2O/c1-13(17-11-10-16(22)12-19(17)23)24-14(2)21(26)25-20-9-5-7-15-6-3-4-8-18(15)20/h3-14,24H,1-2H3,(H,25,26)/p+1/t13-,14-/m1/s1. The Labute approximate surface area is 151 Å². The Morgan fingerprint density at radius 3 is 2.50 bits per heavy atom. The minimum absolute atomic E-state index is 0.171. The molecule has 3 aromatic rings. The fraction of sp³-hybridized carbons (Fsp3) is 0.190. The van der Waals surface area contributed by atoms with Crippen LogP contribution in [-0.4, -0.2) is 11.9 Å². The number of quaternary nitrogens is 1. The number of rotatable bonds is 5. The van der Waals surface area contributed by atoms with Crippen molar-refractivity contribution in [3.05, 3.63) is 77.9 Å². The van der Waals surface area contributed by atoms with Gasteiger partial charge in [-0.05, 0) is 37.4 Å². The second kappa shape index (κ2) is 7.62. The monoisotopic (exact) mass is 355 g/mol. The van der Waals surface area contributed by atoms with Gasteiger partial charge in [0.15, 0.2) is 6.04 Å². The second-order valence-electron chi connectivity index (χ2n) is 6.45. The number of hydrogen-bond donors (Lipinski definition) is 2. The summed E-state index contributed by atoms with van der Waals surface area (Å²) in [5.41, 5.74) is 1.12. The summed E-state index contributed by atoms with van der Waals surface area (Å²) in [6.45, 7) is 3.55. The molecule has 0 aliphatic rings. The van der Waals surface area contributed by atoms with Gasteiger partial charge in [0.25, 0.3) is 5.91 Å². The largest absolute Gasteiger partial charge is 0.330 e. The Morgan fingerprint density at radius 1 is 1.00 bits per heavy atom. The molecule has 0 heterocycles. The third kappa shape index (κ3) is 3.89. The molecule has 3 N–H and O–H groups in total. The van der Waals surface area contributed by atoms with Gasteiger partial charge in [0.2, 0.25) is 0 Å². The molecule has 2 atom stereocenters. The molecule has 0 saturated carbocycles. The van der Waals surface area contributed by atoms with Crippen molar-refractivity contribution in [2.45, 2.75) is 25.9 Å². The van der Waals surface area contributed by atoms with Gasteiger partial charge in [0.1, 0.15) is 17.7 Å². The maximum absolute atomic E-state index is 13.9. The Bertz CT molecular complexity index is 937. The Balaban J connectivity index is 1.71. The summed E-state index contributed by atoms with van der Waals surface area (Å²) in [6, 6.07) is 16.3. The Morgan fingerprint density at radius 2 is 1.73 bits per heavy atom. The lowest BCUT2D eigenvalue weighted by molar-refractivity contribution is -0.710. The zero-order valence-electron chi connectivity index (χ0n) is 14.7. The van der Waals surface area contributed by atoms with Crippen LogP contribution in [0.15, 0.2) is 60.7 Å². The molecule has 0 fully saturated rings. The molecule has 3 aromatic carbocycles. The predicted octanol–water partition coefficient (Wildman–Crippen LogP) is 3.77. The lowest BCUT2D eigenvalue weighted by atomic mass is 10.1. The minimum Gasteiger partial charge on any atom is -0.330 e. The highest BCUT2D eigenvalue weighted by Crippen LogP contribution is 2.23. The van der Waals surface area contributed by atoms with Crippen LogP contribution in [0.25, 0.3) is 10.8 Å². The first-order valence-electron chi connectivity index (χ1n) is 8.54. The van der Waals surface area contributed by atoms with Crippen LogP contribution in [0.2, 0.25) is 0 Å². The molecular formula is C21H21F2N2O+. The van der Waals surface area contributed by atoms with Crippen LogP contribution in [0.4, 0.5) is 14.5 Å². The third-order valence-electron chi connectivity index (χ3n) is 4.49. The Hall–Kier alpha value is -2.79. The van der Waals surface area contributed by atoms with Crippen molar-refractivity contribution in [2.24, 2.45) is 0 Å². The minimum atomic E-state index is -0.611. The summed E-state index contributed by atoms with van der Waals surface area (Å²) in [5, 5.41) is 6.71. The maximum Gasteiger partial charge on any atom is 0.282 e. The van der Waals surface area contributed by atoms with Crippen molar-refractivity contribution in [3.63, 3.8) is 0 Å². The van der Waals surface area contributed by atoms with E-state index < -0.39 is 17.7 Å². The van der Waals surface area contributed by atoms with Gasteiger partial charge >= 0.3 is 0 Å². The van der Waals surface area contributed by atoms with Gasteiger partial charge in [-0.25, -0.2) is 8.78 Å². The van der Waals surface area contributed by atoms with Gasteiger partial charge in [0, 0.05) is 22.7 Å².